The summed E-state index contributed by atoms with van der Waals surface area (Å²) in [7, 11) is 0. The number of carbonyl (C=O) groups is 2. The average Bonchev–Trinajstić information content (AvgIpc) is 3.39. The standard InChI is InChI=1S/C31H22F3N3O4/c32-20-9-6-18(7-10-20)22(13-17-5-11-23(33)24(34)14-17)30(38)37-29-31(39)35-25-4-2-1-3-21(25)28(36-29)19-8-12-26-27(15-19)41-16-40-26/h1-12,14-15,22,29H,13,16H2,(H,35,39)(H,37,38)/t22-,29?/m1/s1. The van der Waals surface area contributed by atoms with E-state index in [0.29, 0.717) is 45.2 Å². The van der Waals surface area contributed by atoms with Crippen molar-refractivity contribution in [2.75, 3.05) is 12.1 Å². The first-order chi connectivity index (χ1) is 19.9. The molecule has 0 saturated carbocycles. The Kier molecular flexibility index (Phi) is 6.88. The van der Waals surface area contributed by atoms with E-state index in [1.807, 2.05) is 0 Å². The van der Waals surface area contributed by atoms with E-state index in [1.165, 1.54) is 30.3 Å². The molecule has 41 heavy (non-hydrogen) atoms. The van der Waals surface area contributed by atoms with Gasteiger partial charge in [-0.15, -0.1) is 0 Å². The van der Waals surface area contributed by atoms with E-state index in [1.54, 1.807) is 42.5 Å². The number of ether oxygens (including phenoxy) is 2. The van der Waals surface area contributed by atoms with Crippen LogP contribution in [-0.2, 0) is 16.0 Å². The molecule has 2 N–H and O–H groups in total. The number of anilines is 1. The van der Waals surface area contributed by atoms with E-state index >= 15 is 0 Å². The minimum atomic E-state index is -1.34. The zero-order valence-corrected chi connectivity index (χ0v) is 21.4. The van der Waals surface area contributed by atoms with Gasteiger partial charge < -0.3 is 20.1 Å². The quantitative estimate of drug-likeness (QED) is 0.346. The van der Waals surface area contributed by atoms with Crippen molar-refractivity contribution in [3.63, 3.8) is 0 Å². The number of hydrogen-bond donors (Lipinski definition) is 2. The van der Waals surface area contributed by atoms with Crippen LogP contribution in [0.2, 0.25) is 0 Å². The Hall–Kier alpha value is -5.12. The highest BCUT2D eigenvalue weighted by atomic mass is 19.2. The number of nitrogens with zero attached hydrogens (tertiary/aromatic N) is 1. The Morgan fingerprint density at radius 1 is 0.927 bits per heavy atom. The molecule has 0 fully saturated rings. The van der Waals surface area contributed by atoms with Crippen LogP contribution in [0.5, 0.6) is 11.5 Å². The predicted octanol–water partition coefficient (Wildman–Crippen LogP) is 5.09. The van der Waals surface area contributed by atoms with Crippen molar-refractivity contribution in [1.29, 1.82) is 0 Å². The van der Waals surface area contributed by atoms with Crippen LogP contribution in [-0.4, -0.2) is 30.5 Å². The molecule has 10 heteroatoms. The van der Waals surface area contributed by atoms with Crippen LogP contribution in [0, 0.1) is 17.5 Å². The first-order valence-electron chi connectivity index (χ1n) is 12.7. The van der Waals surface area contributed by atoms with E-state index in [0.717, 1.165) is 12.1 Å². The third-order valence-electron chi connectivity index (χ3n) is 6.88. The normalized spacial score (nSPS) is 16.2. The second-order valence-corrected chi connectivity index (χ2v) is 9.55. The van der Waals surface area contributed by atoms with Crippen molar-refractivity contribution in [3.8, 4) is 11.5 Å². The Balaban J connectivity index is 1.36. The molecular weight excluding hydrogens is 535 g/mol. The molecule has 0 radical (unpaired) electrons. The average molecular weight is 558 g/mol. The van der Waals surface area contributed by atoms with Gasteiger partial charge in [-0.3, -0.25) is 9.59 Å². The van der Waals surface area contributed by atoms with Gasteiger partial charge in [0.05, 0.1) is 17.3 Å². The van der Waals surface area contributed by atoms with Crippen LogP contribution >= 0.6 is 0 Å². The van der Waals surface area contributed by atoms with Gasteiger partial charge in [-0.25, -0.2) is 18.2 Å². The summed E-state index contributed by atoms with van der Waals surface area (Å²) >= 11 is 0. The summed E-state index contributed by atoms with van der Waals surface area (Å²) in [5.74, 6) is -3.63. The number of amides is 2. The number of halogens is 3. The van der Waals surface area contributed by atoms with Crippen molar-refractivity contribution in [2.24, 2.45) is 4.99 Å². The minimum absolute atomic E-state index is 0.0397. The fourth-order valence-corrected chi connectivity index (χ4v) is 4.82. The summed E-state index contributed by atoms with van der Waals surface area (Å²) in [5.41, 5.74) is 2.97. The molecule has 7 nitrogen and oxygen atoms in total. The van der Waals surface area contributed by atoms with Crippen molar-refractivity contribution >= 4 is 23.2 Å². The van der Waals surface area contributed by atoms with Crippen LogP contribution in [0.25, 0.3) is 0 Å². The summed E-state index contributed by atoms with van der Waals surface area (Å²) in [6.45, 7) is 0.0866. The second kappa shape index (κ2) is 10.8. The first-order valence-corrected chi connectivity index (χ1v) is 12.7. The summed E-state index contributed by atoms with van der Waals surface area (Å²) in [5, 5.41) is 5.51. The maximum Gasteiger partial charge on any atom is 0.269 e. The van der Waals surface area contributed by atoms with E-state index < -0.39 is 41.3 Å². The maximum absolute atomic E-state index is 14.0. The lowest BCUT2D eigenvalue weighted by atomic mass is 9.91. The lowest BCUT2D eigenvalue weighted by molar-refractivity contribution is -0.127. The summed E-state index contributed by atoms with van der Waals surface area (Å²) in [6, 6.07) is 21.0. The van der Waals surface area contributed by atoms with Crippen molar-refractivity contribution in [1.82, 2.24) is 5.32 Å². The highest BCUT2D eigenvalue weighted by Crippen LogP contribution is 2.34. The van der Waals surface area contributed by atoms with Crippen LogP contribution in [0.4, 0.5) is 18.9 Å². The number of fused-ring (bicyclic) bond motifs is 2. The predicted molar refractivity (Wildman–Crippen MR) is 144 cm³/mol. The maximum atomic E-state index is 14.0. The van der Waals surface area contributed by atoms with Crippen molar-refractivity contribution in [3.05, 3.63) is 125 Å². The molecule has 0 spiro atoms. The van der Waals surface area contributed by atoms with Crippen LogP contribution in [0.1, 0.15) is 28.2 Å². The Morgan fingerprint density at radius 2 is 1.71 bits per heavy atom. The largest absolute Gasteiger partial charge is 0.454 e. The Bertz CT molecular complexity index is 1690. The molecule has 2 heterocycles. The molecule has 2 amide bonds. The van der Waals surface area contributed by atoms with Gasteiger partial charge in [-0.2, -0.15) is 0 Å². The Labute approximate surface area is 232 Å². The topological polar surface area (TPSA) is 89.0 Å². The number of benzene rings is 4. The van der Waals surface area contributed by atoms with Crippen LogP contribution in [0.3, 0.4) is 0 Å². The number of carbonyl (C=O) groups excluding carboxylic acids is 2. The number of aliphatic imine (C=N–C) groups is 1. The number of rotatable bonds is 6. The molecule has 0 bridgehead atoms. The van der Waals surface area contributed by atoms with Crippen molar-refractivity contribution in [2.45, 2.75) is 18.5 Å². The van der Waals surface area contributed by atoms with Crippen LogP contribution < -0.4 is 20.1 Å². The molecule has 1 unspecified atom stereocenters. The number of hydrogen-bond acceptors (Lipinski definition) is 5. The zero-order chi connectivity index (χ0) is 28.5. The molecule has 0 aromatic heterocycles. The number of nitrogens with one attached hydrogen (secondary N) is 2. The number of benzodiazepines with no additional fused rings is 1. The molecule has 2 aliphatic rings. The van der Waals surface area contributed by atoms with Gasteiger partial charge in [0, 0.05) is 11.1 Å². The third kappa shape index (κ3) is 5.36. The van der Waals surface area contributed by atoms with Gasteiger partial charge >= 0.3 is 0 Å². The van der Waals surface area contributed by atoms with Crippen molar-refractivity contribution < 1.29 is 32.2 Å². The zero-order valence-electron chi connectivity index (χ0n) is 21.4. The highest BCUT2D eigenvalue weighted by molar-refractivity contribution is 6.20. The van der Waals surface area contributed by atoms with Gasteiger partial charge in [0.2, 0.25) is 18.9 Å². The van der Waals surface area contributed by atoms with E-state index in [2.05, 4.69) is 15.6 Å². The smallest absolute Gasteiger partial charge is 0.269 e. The summed E-state index contributed by atoms with van der Waals surface area (Å²) in [6.07, 6.45) is -1.38. The molecule has 0 saturated heterocycles. The van der Waals surface area contributed by atoms with Gasteiger partial charge in [0.1, 0.15) is 5.82 Å². The molecule has 0 aliphatic carbocycles. The van der Waals surface area contributed by atoms with Gasteiger partial charge in [0.15, 0.2) is 23.1 Å². The molecule has 206 valence electrons. The van der Waals surface area contributed by atoms with Crippen LogP contribution in [0.15, 0.2) is 89.9 Å². The van der Waals surface area contributed by atoms with Gasteiger partial charge in [-0.05, 0) is 66.1 Å². The van der Waals surface area contributed by atoms with E-state index in [-0.39, 0.29) is 13.2 Å². The lowest BCUT2D eigenvalue weighted by Crippen LogP contribution is -2.44. The van der Waals surface area contributed by atoms with E-state index in [9.17, 15) is 22.8 Å². The molecule has 4 aromatic rings. The van der Waals surface area contributed by atoms with Gasteiger partial charge in [-0.1, -0.05) is 36.4 Å². The van der Waals surface area contributed by atoms with Gasteiger partial charge in [0.25, 0.3) is 5.91 Å². The molecule has 4 aromatic carbocycles. The molecular formula is C31H22F3N3O4. The summed E-state index contributed by atoms with van der Waals surface area (Å²) in [4.78, 5) is 31.7. The summed E-state index contributed by atoms with van der Waals surface area (Å²) < 4.78 is 52.1. The Morgan fingerprint density at radius 3 is 2.51 bits per heavy atom. The monoisotopic (exact) mass is 557 g/mol. The molecule has 2 aliphatic heterocycles. The number of para-hydroxylation sites is 1. The SMILES string of the molecule is O=C1Nc2ccccc2C(c2ccc3c(c2)OCO3)=NC1NC(=O)[C@H](Cc1ccc(F)c(F)c1)c1ccc(F)cc1. The molecule has 2 atom stereocenters. The highest BCUT2D eigenvalue weighted by Gasteiger charge is 2.31. The lowest BCUT2D eigenvalue weighted by Gasteiger charge is -2.20. The second-order valence-electron chi connectivity index (χ2n) is 9.55. The minimum Gasteiger partial charge on any atom is -0.454 e. The first kappa shape index (κ1) is 26.1. The van der Waals surface area contributed by atoms with E-state index in [4.69, 9.17) is 9.47 Å². The fraction of sp³-hybridized carbons (Fsp3) is 0.129. The fourth-order valence-electron chi connectivity index (χ4n) is 4.82. The molecule has 6 rings (SSSR count). The third-order valence-corrected chi connectivity index (χ3v) is 6.88.